The molecule has 1 aromatic heterocycles. The molecule has 1 heterocycles. The average molecular weight is 400 g/mol. The van der Waals surface area contributed by atoms with Gasteiger partial charge in [0.25, 0.3) is 0 Å². The summed E-state index contributed by atoms with van der Waals surface area (Å²) in [4.78, 5) is 15.8. The number of carbonyl (C=O) groups is 1. The number of nitriles is 1. The van der Waals surface area contributed by atoms with Crippen LogP contribution in [0.2, 0.25) is 0 Å². The number of ether oxygens (including phenoxy) is 1. The number of Topliss-reactive ketones (excluding diaryl/α,β-unsaturated/α-hetero) is 1. The molecule has 0 amide bonds. The van der Waals surface area contributed by atoms with E-state index in [4.69, 9.17) is 15.7 Å². The molecule has 152 valence electrons. The summed E-state index contributed by atoms with van der Waals surface area (Å²) >= 11 is 0. The number of hydrogen-bond acceptors (Lipinski definition) is 6. The Labute approximate surface area is 176 Å². The topological polar surface area (TPSA) is 101 Å². The normalized spacial score (nSPS) is 10.3. The number of benzene rings is 2. The summed E-state index contributed by atoms with van der Waals surface area (Å²) in [6.07, 6.45) is 1.25. The van der Waals surface area contributed by atoms with Crippen molar-refractivity contribution in [2.75, 3.05) is 11.1 Å². The minimum absolute atomic E-state index is 0.180. The highest BCUT2D eigenvalue weighted by Crippen LogP contribution is 2.32. The van der Waals surface area contributed by atoms with Crippen LogP contribution in [0.3, 0.4) is 0 Å². The number of aromatic nitrogens is 1. The van der Waals surface area contributed by atoms with Crippen molar-refractivity contribution in [3.63, 3.8) is 0 Å². The fourth-order valence-electron chi connectivity index (χ4n) is 3.14. The molecule has 0 aliphatic rings. The molecule has 6 nitrogen and oxygen atoms in total. The van der Waals surface area contributed by atoms with Crippen LogP contribution in [-0.2, 0) is 11.2 Å². The molecule has 0 unspecified atom stereocenters. The second-order valence-corrected chi connectivity index (χ2v) is 7.26. The van der Waals surface area contributed by atoms with Crippen LogP contribution in [-0.4, -0.2) is 10.8 Å². The molecule has 0 saturated carbocycles. The molecule has 0 atom stereocenters. The molecule has 0 spiro atoms. The molecule has 3 aromatic rings. The molecule has 0 aliphatic carbocycles. The van der Waals surface area contributed by atoms with E-state index >= 15 is 0 Å². The number of aryl methyl sites for hydroxylation is 3. The first-order valence-corrected chi connectivity index (χ1v) is 9.67. The number of anilines is 3. The fraction of sp³-hybridized carbons (Fsp3) is 0.208. The zero-order chi connectivity index (χ0) is 21.7. The van der Waals surface area contributed by atoms with Crippen molar-refractivity contribution >= 4 is 23.0 Å². The number of carbonyl (C=O) groups excluding carboxylic acids is 1. The Balaban J connectivity index is 1.81. The predicted octanol–water partition coefficient (Wildman–Crippen LogP) is 5.21. The van der Waals surface area contributed by atoms with Crippen molar-refractivity contribution in [1.82, 2.24) is 4.98 Å². The summed E-state index contributed by atoms with van der Waals surface area (Å²) in [7, 11) is 0. The van der Waals surface area contributed by atoms with Gasteiger partial charge in [0.2, 0.25) is 5.88 Å². The summed E-state index contributed by atoms with van der Waals surface area (Å²) in [5, 5.41) is 12.1. The Morgan fingerprint density at radius 1 is 1.13 bits per heavy atom. The maximum absolute atomic E-state index is 11.3. The van der Waals surface area contributed by atoms with Gasteiger partial charge in [-0.05, 0) is 74.2 Å². The third kappa shape index (κ3) is 5.15. The Morgan fingerprint density at radius 3 is 2.40 bits per heavy atom. The van der Waals surface area contributed by atoms with E-state index in [1.54, 1.807) is 43.3 Å². The summed E-state index contributed by atoms with van der Waals surface area (Å²) in [6, 6.07) is 16.7. The minimum Gasteiger partial charge on any atom is -0.438 e. The van der Waals surface area contributed by atoms with Crippen LogP contribution in [0.5, 0.6) is 11.6 Å². The van der Waals surface area contributed by atoms with Crippen LogP contribution in [0.4, 0.5) is 17.2 Å². The monoisotopic (exact) mass is 400 g/mol. The third-order valence-electron chi connectivity index (χ3n) is 4.67. The van der Waals surface area contributed by atoms with Gasteiger partial charge in [-0.15, -0.1) is 0 Å². The van der Waals surface area contributed by atoms with Crippen LogP contribution in [0.15, 0.2) is 48.5 Å². The Bertz CT molecular complexity index is 1090. The van der Waals surface area contributed by atoms with E-state index in [0.29, 0.717) is 29.4 Å². The van der Waals surface area contributed by atoms with Gasteiger partial charge in [-0.25, -0.2) is 0 Å². The maximum Gasteiger partial charge on any atom is 0.221 e. The van der Waals surface area contributed by atoms with Crippen LogP contribution in [0.25, 0.3) is 0 Å². The molecule has 30 heavy (non-hydrogen) atoms. The van der Waals surface area contributed by atoms with Gasteiger partial charge in [0, 0.05) is 18.2 Å². The van der Waals surface area contributed by atoms with Gasteiger partial charge in [-0.3, -0.25) is 0 Å². The molecular weight excluding hydrogens is 376 g/mol. The van der Waals surface area contributed by atoms with Gasteiger partial charge < -0.3 is 20.6 Å². The standard InChI is InChI=1S/C24H24N4O2/c1-15-12-19(5-4-17(3)29)13-16(2)23(15)30-22-11-10-21(26)24(28-22)27-20-8-6-18(14-25)7-9-20/h6-13H,4-5,26H2,1-3H3,(H,27,28). The molecule has 0 saturated heterocycles. The van der Waals surface area contributed by atoms with Gasteiger partial charge in [-0.2, -0.15) is 10.2 Å². The van der Waals surface area contributed by atoms with Crippen molar-refractivity contribution in [3.8, 4) is 17.7 Å². The number of nitrogen functional groups attached to an aromatic ring is 1. The first-order chi connectivity index (χ1) is 14.4. The van der Waals surface area contributed by atoms with E-state index in [1.807, 2.05) is 26.0 Å². The lowest BCUT2D eigenvalue weighted by molar-refractivity contribution is -0.116. The van der Waals surface area contributed by atoms with Crippen molar-refractivity contribution in [2.24, 2.45) is 0 Å². The zero-order valence-corrected chi connectivity index (χ0v) is 17.3. The average Bonchev–Trinajstić information content (AvgIpc) is 2.72. The molecule has 6 heteroatoms. The predicted molar refractivity (Wildman–Crippen MR) is 118 cm³/mol. The van der Waals surface area contributed by atoms with Crippen LogP contribution < -0.4 is 15.8 Å². The van der Waals surface area contributed by atoms with E-state index in [-0.39, 0.29) is 5.78 Å². The van der Waals surface area contributed by atoms with Crippen molar-refractivity contribution in [1.29, 1.82) is 5.26 Å². The summed E-state index contributed by atoms with van der Waals surface area (Å²) in [5.74, 6) is 1.82. The van der Waals surface area contributed by atoms with E-state index in [0.717, 1.165) is 34.5 Å². The fourth-order valence-corrected chi connectivity index (χ4v) is 3.14. The van der Waals surface area contributed by atoms with E-state index in [2.05, 4.69) is 16.4 Å². The molecule has 3 rings (SSSR count). The Morgan fingerprint density at radius 2 is 1.80 bits per heavy atom. The second-order valence-electron chi connectivity index (χ2n) is 7.26. The highest BCUT2D eigenvalue weighted by molar-refractivity contribution is 5.75. The minimum atomic E-state index is 0.180. The lowest BCUT2D eigenvalue weighted by Gasteiger charge is -2.15. The van der Waals surface area contributed by atoms with E-state index in [1.165, 1.54) is 0 Å². The number of ketones is 1. The van der Waals surface area contributed by atoms with E-state index in [9.17, 15) is 4.79 Å². The van der Waals surface area contributed by atoms with Gasteiger partial charge >= 0.3 is 0 Å². The summed E-state index contributed by atoms with van der Waals surface area (Å²) < 4.78 is 6.07. The molecular formula is C24H24N4O2. The molecule has 3 N–H and O–H groups in total. The molecule has 0 radical (unpaired) electrons. The third-order valence-corrected chi connectivity index (χ3v) is 4.67. The number of nitrogens with two attached hydrogens (primary N) is 1. The molecule has 2 aromatic carbocycles. The largest absolute Gasteiger partial charge is 0.438 e. The van der Waals surface area contributed by atoms with Crippen LogP contribution in [0.1, 0.15) is 35.6 Å². The van der Waals surface area contributed by atoms with Crippen molar-refractivity contribution < 1.29 is 9.53 Å². The number of hydrogen-bond donors (Lipinski definition) is 2. The zero-order valence-electron chi connectivity index (χ0n) is 17.3. The first kappa shape index (κ1) is 20.9. The summed E-state index contributed by atoms with van der Waals surface area (Å²) in [5.41, 5.74) is 11.0. The van der Waals surface area contributed by atoms with Crippen LogP contribution in [0, 0.1) is 25.2 Å². The highest BCUT2D eigenvalue weighted by Gasteiger charge is 2.11. The summed E-state index contributed by atoms with van der Waals surface area (Å²) in [6.45, 7) is 5.56. The van der Waals surface area contributed by atoms with Gasteiger partial charge in [0.1, 0.15) is 11.5 Å². The molecule has 0 bridgehead atoms. The highest BCUT2D eigenvalue weighted by atomic mass is 16.5. The Hall–Kier alpha value is -3.85. The van der Waals surface area contributed by atoms with Gasteiger partial charge in [0.15, 0.2) is 5.82 Å². The lowest BCUT2D eigenvalue weighted by atomic mass is 10.0. The maximum atomic E-state index is 11.3. The number of pyridine rings is 1. The lowest BCUT2D eigenvalue weighted by Crippen LogP contribution is -2.02. The van der Waals surface area contributed by atoms with Gasteiger partial charge in [-0.1, -0.05) is 12.1 Å². The van der Waals surface area contributed by atoms with Crippen molar-refractivity contribution in [3.05, 3.63) is 70.8 Å². The number of rotatable bonds is 7. The van der Waals surface area contributed by atoms with Gasteiger partial charge in [0.05, 0.1) is 17.3 Å². The second kappa shape index (κ2) is 9.10. The number of nitrogens with one attached hydrogen (secondary N) is 1. The smallest absolute Gasteiger partial charge is 0.221 e. The van der Waals surface area contributed by atoms with Crippen LogP contribution >= 0.6 is 0 Å². The number of nitrogens with zero attached hydrogens (tertiary/aromatic N) is 2. The first-order valence-electron chi connectivity index (χ1n) is 9.67. The Kier molecular flexibility index (Phi) is 6.33. The van der Waals surface area contributed by atoms with E-state index < -0.39 is 0 Å². The molecule has 0 aliphatic heterocycles. The van der Waals surface area contributed by atoms with Crippen molar-refractivity contribution in [2.45, 2.75) is 33.6 Å². The SMILES string of the molecule is CC(=O)CCc1cc(C)c(Oc2ccc(N)c(Nc3ccc(C#N)cc3)n2)c(C)c1. The molecule has 0 fully saturated rings. The quantitative estimate of drug-likeness (QED) is 0.564.